The molecule has 1 aliphatic carbocycles. The van der Waals surface area contributed by atoms with Gasteiger partial charge in [0.25, 0.3) is 0 Å². The summed E-state index contributed by atoms with van der Waals surface area (Å²) >= 11 is 0. The summed E-state index contributed by atoms with van der Waals surface area (Å²) < 4.78 is 4.87. The highest BCUT2D eigenvalue weighted by Crippen LogP contribution is 2.48. The summed E-state index contributed by atoms with van der Waals surface area (Å²) in [4.78, 5) is 4.47. The Morgan fingerprint density at radius 1 is 0.365 bits per heavy atom. The van der Waals surface area contributed by atoms with Crippen molar-refractivity contribution in [1.29, 1.82) is 0 Å². The van der Waals surface area contributed by atoms with Crippen LogP contribution in [0.2, 0.25) is 0 Å². The number of rotatable bonds is 3. The number of aromatic nitrogens is 3. The van der Waals surface area contributed by atoms with Crippen molar-refractivity contribution in [2.75, 3.05) is 0 Å². The van der Waals surface area contributed by atoms with E-state index in [4.69, 9.17) is 0 Å². The fraction of sp³-hybridized carbons (Fsp3) is 0. The third-order valence-corrected chi connectivity index (χ3v) is 11.3. The van der Waals surface area contributed by atoms with Gasteiger partial charge in [-0.3, -0.25) is 4.98 Å². The van der Waals surface area contributed by atoms with Crippen LogP contribution in [0.4, 0.5) is 0 Å². The molecule has 0 saturated carbocycles. The lowest BCUT2D eigenvalue weighted by Gasteiger charge is -2.12. The van der Waals surface area contributed by atoms with Crippen LogP contribution in [0, 0.1) is 0 Å². The van der Waals surface area contributed by atoms with Gasteiger partial charge in [0.05, 0.1) is 22.1 Å². The highest BCUT2D eigenvalue weighted by molar-refractivity contribution is 6.20. The molecule has 3 aromatic heterocycles. The quantitative estimate of drug-likeness (QED) is 0.185. The van der Waals surface area contributed by atoms with Crippen molar-refractivity contribution in [2.24, 2.45) is 0 Å². The maximum atomic E-state index is 4.47. The van der Waals surface area contributed by atoms with E-state index < -0.39 is 0 Å². The van der Waals surface area contributed by atoms with Gasteiger partial charge in [0.1, 0.15) is 0 Å². The average Bonchev–Trinajstić information content (AvgIpc) is 3.84. The molecule has 0 radical (unpaired) electrons. The van der Waals surface area contributed by atoms with Crippen LogP contribution in [0.15, 0.2) is 176 Å². The summed E-state index contributed by atoms with van der Waals surface area (Å²) in [6.07, 6.45) is 3.91. The van der Waals surface area contributed by atoms with E-state index in [0.717, 1.165) is 0 Å². The van der Waals surface area contributed by atoms with Crippen LogP contribution in [0.25, 0.3) is 110 Å². The van der Waals surface area contributed by atoms with Gasteiger partial charge in [0.15, 0.2) is 0 Å². The first-order valence-corrected chi connectivity index (χ1v) is 17.9. The summed E-state index contributed by atoms with van der Waals surface area (Å²) in [5.74, 6) is 0. The molecule has 0 aliphatic heterocycles. The fourth-order valence-electron chi connectivity index (χ4n) is 9.06. The number of hydrogen-bond donors (Lipinski definition) is 0. The van der Waals surface area contributed by atoms with Crippen molar-refractivity contribution in [2.45, 2.75) is 0 Å². The Bertz CT molecular complexity index is 3290. The van der Waals surface area contributed by atoms with Crippen LogP contribution in [-0.4, -0.2) is 14.1 Å². The molecule has 0 fully saturated rings. The van der Waals surface area contributed by atoms with Crippen LogP contribution < -0.4 is 0 Å². The van der Waals surface area contributed by atoms with Gasteiger partial charge in [-0.25, -0.2) is 0 Å². The number of hydrogen-bond acceptors (Lipinski definition) is 1. The molecule has 3 heteroatoms. The van der Waals surface area contributed by atoms with Gasteiger partial charge in [-0.1, -0.05) is 103 Å². The lowest BCUT2D eigenvalue weighted by Crippen LogP contribution is -1.95. The van der Waals surface area contributed by atoms with Crippen molar-refractivity contribution in [3.63, 3.8) is 0 Å². The van der Waals surface area contributed by atoms with Crippen molar-refractivity contribution in [3.05, 3.63) is 176 Å². The zero-order valence-corrected chi connectivity index (χ0v) is 28.1. The average molecular weight is 660 g/mol. The largest absolute Gasteiger partial charge is 0.309 e. The van der Waals surface area contributed by atoms with E-state index in [2.05, 4.69) is 178 Å². The van der Waals surface area contributed by atoms with Crippen molar-refractivity contribution in [3.8, 4) is 44.8 Å². The van der Waals surface area contributed by atoms with Crippen molar-refractivity contribution in [1.82, 2.24) is 14.1 Å². The van der Waals surface area contributed by atoms with Crippen LogP contribution in [0.5, 0.6) is 0 Å². The Balaban J connectivity index is 1.08. The first-order chi connectivity index (χ1) is 25.8. The second kappa shape index (κ2) is 10.3. The van der Waals surface area contributed by atoms with E-state index in [9.17, 15) is 0 Å². The molecule has 52 heavy (non-hydrogen) atoms. The topological polar surface area (TPSA) is 22.8 Å². The number of pyridine rings is 1. The Labute approximate surface area is 299 Å². The molecule has 1 aliphatic rings. The molecule has 0 saturated heterocycles. The maximum Gasteiger partial charge on any atom is 0.0619 e. The molecular formula is C49H29N3. The van der Waals surface area contributed by atoms with Gasteiger partial charge in [-0.15, -0.1) is 0 Å². The van der Waals surface area contributed by atoms with E-state index in [1.54, 1.807) is 0 Å². The molecule has 0 unspecified atom stereocenters. The highest BCUT2D eigenvalue weighted by Gasteiger charge is 2.23. The lowest BCUT2D eigenvalue weighted by atomic mass is 10.00. The van der Waals surface area contributed by atoms with Crippen molar-refractivity contribution >= 4 is 65.2 Å². The molecule has 8 aromatic carbocycles. The Morgan fingerprint density at radius 3 is 1.94 bits per heavy atom. The van der Waals surface area contributed by atoms with Gasteiger partial charge in [0.2, 0.25) is 0 Å². The van der Waals surface area contributed by atoms with Crippen LogP contribution >= 0.6 is 0 Å². The summed E-state index contributed by atoms with van der Waals surface area (Å²) in [6.45, 7) is 0. The maximum absolute atomic E-state index is 4.47. The van der Waals surface area contributed by atoms with Gasteiger partial charge in [-0.2, -0.15) is 0 Å². The van der Waals surface area contributed by atoms with E-state index in [0.29, 0.717) is 0 Å². The molecule has 3 nitrogen and oxygen atoms in total. The molecule has 0 atom stereocenters. The number of para-hydroxylation sites is 2. The predicted octanol–water partition coefficient (Wildman–Crippen LogP) is 12.9. The lowest BCUT2D eigenvalue weighted by molar-refractivity contribution is 1.19. The van der Waals surface area contributed by atoms with Gasteiger partial charge < -0.3 is 9.13 Å². The molecule has 0 N–H and O–H groups in total. The number of nitrogens with zero attached hydrogens (tertiary/aromatic N) is 3. The Kier molecular flexibility index (Phi) is 5.50. The Morgan fingerprint density at radius 2 is 1.08 bits per heavy atom. The predicted molar refractivity (Wildman–Crippen MR) is 218 cm³/mol. The summed E-state index contributed by atoms with van der Waals surface area (Å²) in [5, 5.41) is 10.1. The van der Waals surface area contributed by atoms with Gasteiger partial charge in [0, 0.05) is 56.3 Å². The summed E-state index contributed by atoms with van der Waals surface area (Å²) in [6, 6.07) is 60.3. The van der Waals surface area contributed by atoms with Crippen LogP contribution in [-0.2, 0) is 0 Å². The second-order valence-electron chi connectivity index (χ2n) is 14.0. The first kappa shape index (κ1) is 27.8. The zero-order chi connectivity index (χ0) is 33.9. The standard InChI is InChI=1S/C49H29N3/c1-2-11-34(12-3-1)52-47-22-19-32(27-42(47)40-20-17-30-9-4-5-13-36(30)49(40)52)31-18-21-46-41(26-31)38-14-6-7-16-45(38)51(46)35-25-33-10-8-15-39-44-29-50-24-23-37(44)43(28-35)48(33)39/h1-29H. The molecule has 12 rings (SSSR count). The first-order valence-electron chi connectivity index (χ1n) is 17.9. The normalized spacial score (nSPS) is 12.2. The smallest absolute Gasteiger partial charge is 0.0619 e. The van der Waals surface area contributed by atoms with Crippen molar-refractivity contribution < 1.29 is 0 Å². The third kappa shape index (κ3) is 3.72. The van der Waals surface area contributed by atoms with E-state index in [1.807, 2.05) is 12.4 Å². The highest BCUT2D eigenvalue weighted by atomic mass is 15.0. The molecule has 0 amide bonds. The summed E-state index contributed by atoms with van der Waals surface area (Å²) in [7, 11) is 0. The minimum absolute atomic E-state index is 1.17. The van der Waals surface area contributed by atoms with E-state index in [-0.39, 0.29) is 0 Å². The SMILES string of the molecule is c1ccc(-n2c3ccc(-c4ccc5c(c4)c4ccccc4n5-c4cc5c6c(cccc6c4)-c4cnccc4-5)cc3c3ccc4ccccc4c32)cc1. The zero-order valence-electron chi connectivity index (χ0n) is 28.1. The third-order valence-electron chi connectivity index (χ3n) is 11.3. The van der Waals surface area contributed by atoms with Gasteiger partial charge >= 0.3 is 0 Å². The second-order valence-corrected chi connectivity index (χ2v) is 14.0. The monoisotopic (exact) mass is 659 g/mol. The van der Waals surface area contributed by atoms with E-state index in [1.165, 1.54) is 110 Å². The minimum Gasteiger partial charge on any atom is -0.309 e. The summed E-state index contributed by atoms with van der Waals surface area (Å²) in [5.41, 5.74) is 14.6. The van der Waals surface area contributed by atoms with Crippen LogP contribution in [0.3, 0.4) is 0 Å². The van der Waals surface area contributed by atoms with E-state index >= 15 is 0 Å². The van der Waals surface area contributed by atoms with Crippen LogP contribution in [0.1, 0.15) is 0 Å². The minimum atomic E-state index is 1.17. The number of benzene rings is 8. The molecule has 240 valence electrons. The Hall–Kier alpha value is -6.97. The molecular weight excluding hydrogens is 631 g/mol. The van der Waals surface area contributed by atoms with Gasteiger partial charge in [-0.05, 0) is 105 Å². The molecule has 3 heterocycles. The molecule has 0 spiro atoms. The fourth-order valence-corrected chi connectivity index (χ4v) is 9.06. The number of fused-ring (bicyclic) bond motifs is 11. The molecule has 0 bridgehead atoms. The molecule has 11 aromatic rings.